The third-order valence-electron chi connectivity index (χ3n) is 4.13. The first-order chi connectivity index (χ1) is 13.5. The summed E-state index contributed by atoms with van der Waals surface area (Å²) in [6.07, 6.45) is 0.792. The molecule has 1 amide bonds. The van der Waals surface area contributed by atoms with E-state index >= 15 is 0 Å². The van der Waals surface area contributed by atoms with Gasteiger partial charge in [-0.3, -0.25) is 9.59 Å². The second kappa shape index (κ2) is 9.32. The maximum atomic E-state index is 12.1. The van der Waals surface area contributed by atoms with Crippen molar-refractivity contribution in [2.75, 3.05) is 12.4 Å². The van der Waals surface area contributed by atoms with E-state index in [9.17, 15) is 9.59 Å². The number of aromatic nitrogens is 2. The lowest BCUT2D eigenvalue weighted by molar-refractivity contribution is -0.116. The number of carbonyl (C=O) groups is 1. The van der Waals surface area contributed by atoms with Crippen LogP contribution in [0.25, 0.3) is 11.3 Å². The number of benzene rings is 2. The molecule has 0 radical (unpaired) electrons. The highest BCUT2D eigenvalue weighted by molar-refractivity contribution is 9.10. The zero-order chi connectivity index (χ0) is 19.9. The number of amides is 1. The maximum absolute atomic E-state index is 12.1. The summed E-state index contributed by atoms with van der Waals surface area (Å²) in [7, 11) is 1.58. The predicted octanol–water partition coefficient (Wildman–Crippen LogP) is 4.10. The molecule has 2 aromatic carbocycles. The second-order valence-electron chi connectivity index (χ2n) is 6.17. The van der Waals surface area contributed by atoms with Gasteiger partial charge in [-0.2, -0.15) is 5.10 Å². The molecule has 28 heavy (non-hydrogen) atoms. The van der Waals surface area contributed by atoms with Crippen molar-refractivity contribution in [2.24, 2.45) is 0 Å². The molecule has 0 fully saturated rings. The number of ether oxygens (including phenoxy) is 1. The Balaban J connectivity index is 1.59. The monoisotopic (exact) mass is 441 g/mol. The minimum absolute atomic E-state index is 0.120. The third-order valence-corrected chi connectivity index (χ3v) is 4.66. The smallest absolute Gasteiger partial charge is 0.266 e. The van der Waals surface area contributed by atoms with Crippen molar-refractivity contribution in [3.63, 3.8) is 0 Å². The van der Waals surface area contributed by atoms with Gasteiger partial charge in [-0.15, -0.1) is 0 Å². The fourth-order valence-electron chi connectivity index (χ4n) is 2.70. The number of rotatable bonds is 7. The largest absolute Gasteiger partial charge is 0.497 e. The molecular weight excluding hydrogens is 422 g/mol. The quantitative estimate of drug-likeness (QED) is 0.598. The Morgan fingerprint density at radius 1 is 1.14 bits per heavy atom. The molecule has 144 valence electrons. The topological polar surface area (TPSA) is 73.2 Å². The standard InChI is InChI=1S/C21H20BrN3O3/c1-28-18-5-2-4-17(14-18)23-20(26)6-3-13-25-21(27)12-11-19(24-25)15-7-9-16(22)10-8-15/h2,4-5,7-12,14H,3,6,13H2,1H3,(H,23,26). The molecule has 0 aliphatic carbocycles. The molecule has 3 aromatic rings. The molecule has 0 spiro atoms. The third kappa shape index (κ3) is 5.29. The van der Waals surface area contributed by atoms with Gasteiger partial charge in [-0.25, -0.2) is 4.68 Å². The van der Waals surface area contributed by atoms with Crippen LogP contribution in [0.3, 0.4) is 0 Å². The van der Waals surface area contributed by atoms with E-state index in [-0.39, 0.29) is 17.9 Å². The van der Waals surface area contributed by atoms with Gasteiger partial charge in [0.25, 0.3) is 5.56 Å². The van der Waals surface area contributed by atoms with E-state index < -0.39 is 0 Å². The van der Waals surface area contributed by atoms with Crippen molar-refractivity contribution >= 4 is 27.5 Å². The molecule has 0 aliphatic heterocycles. The fraction of sp³-hybridized carbons (Fsp3) is 0.190. The van der Waals surface area contributed by atoms with E-state index in [1.54, 1.807) is 25.3 Å². The van der Waals surface area contributed by atoms with Crippen molar-refractivity contribution in [3.8, 4) is 17.0 Å². The number of halogens is 1. The van der Waals surface area contributed by atoms with Gasteiger partial charge >= 0.3 is 0 Å². The van der Waals surface area contributed by atoms with Gasteiger partial charge in [0.05, 0.1) is 12.8 Å². The molecule has 6 nitrogen and oxygen atoms in total. The van der Waals surface area contributed by atoms with Gasteiger partial charge in [0.1, 0.15) is 5.75 Å². The average Bonchev–Trinajstić information content (AvgIpc) is 2.70. The Bertz CT molecular complexity index is 1020. The highest BCUT2D eigenvalue weighted by Gasteiger charge is 2.07. The molecule has 0 bridgehead atoms. The van der Waals surface area contributed by atoms with E-state index in [0.717, 1.165) is 10.0 Å². The van der Waals surface area contributed by atoms with Gasteiger partial charge in [0.15, 0.2) is 0 Å². The molecule has 0 aliphatic rings. The van der Waals surface area contributed by atoms with Crippen LogP contribution in [0, 0.1) is 0 Å². The number of aryl methyl sites for hydroxylation is 1. The number of anilines is 1. The summed E-state index contributed by atoms with van der Waals surface area (Å²) in [6, 6.07) is 18.1. The zero-order valence-corrected chi connectivity index (χ0v) is 17.0. The van der Waals surface area contributed by atoms with E-state index in [1.807, 2.05) is 36.4 Å². The van der Waals surface area contributed by atoms with Crippen LogP contribution in [0.2, 0.25) is 0 Å². The number of carbonyl (C=O) groups excluding carboxylic acids is 1. The van der Waals surface area contributed by atoms with E-state index in [2.05, 4.69) is 26.3 Å². The van der Waals surface area contributed by atoms with Crippen molar-refractivity contribution < 1.29 is 9.53 Å². The van der Waals surface area contributed by atoms with E-state index in [0.29, 0.717) is 30.1 Å². The maximum Gasteiger partial charge on any atom is 0.266 e. The summed E-state index contributed by atoms with van der Waals surface area (Å²) < 4.78 is 7.52. The summed E-state index contributed by atoms with van der Waals surface area (Å²) in [5.74, 6) is 0.559. The van der Waals surface area contributed by atoms with Crippen LogP contribution in [-0.4, -0.2) is 22.8 Å². The lowest BCUT2D eigenvalue weighted by Crippen LogP contribution is -2.23. The summed E-state index contributed by atoms with van der Waals surface area (Å²) in [4.78, 5) is 24.2. The van der Waals surface area contributed by atoms with Gasteiger partial charge in [-0.05, 0) is 36.8 Å². The minimum Gasteiger partial charge on any atom is -0.497 e. The Kier molecular flexibility index (Phi) is 6.60. The fourth-order valence-corrected chi connectivity index (χ4v) is 2.96. The van der Waals surface area contributed by atoms with Gasteiger partial charge in [0.2, 0.25) is 5.91 Å². The molecule has 0 atom stereocenters. The summed E-state index contributed by atoms with van der Waals surface area (Å²) >= 11 is 3.40. The summed E-state index contributed by atoms with van der Waals surface area (Å²) in [5, 5.41) is 7.25. The number of hydrogen-bond donors (Lipinski definition) is 1. The predicted molar refractivity (Wildman–Crippen MR) is 112 cm³/mol. The molecule has 0 saturated heterocycles. The van der Waals surface area contributed by atoms with Crippen LogP contribution in [-0.2, 0) is 11.3 Å². The first-order valence-corrected chi connectivity index (χ1v) is 9.62. The van der Waals surface area contributed by atoms with E-state index in [1.165, 1.54) is 10.7 Å². The Morgan fingerprint density at radius 3 is 2.68 bits per heavy atom. The lowest BCUT2D eigenvalue weighted by atomic mass is 10.1. The molecule has 1 heterocycles. The SMILES string of the molecule is COc1cccc(NC(=O)CCCn2nc(-c3ccc(Br)cc3)ccc2=O)c1. The van der Waals surface area contributed by atoms with Crippen molar-refractivity contribution in [1.29, 1.82) is 0 Å². The minimum atomic E-state index is -0.186. The van der Waals surface area contributed by atoms with E-state index in [4.69, 9.17) is 4.74 Å². The molecule has 1 aromatic heterocycles. The van der Waals surface area contributed by atoms with Crippen LogP contribution in [0.5, 0.6) is 5.75 Å². The average molecular weight is 442 g/mol. The first kappa shape index (κ1) is 19.8. The highest BCUT2D eigenvalue weighted by Crippen LogP contribution is 2.19. The molecule has 0 unspecified atom stereocenters. The van der Waals surface area contributed by atoms with Crippen LogP contribution >= 0.6 is 15.9 Å². The Labute approximate surface area is 171 Å². The van der Waals surface area contributed by atoms with Crippen LogP contribution < -0.4 is 15.6 Å². The normalized spacial score (nSPS) is 10.5. The Hall–Kier alpha value is -2.93. The van der Waals surface area contributed by atoms with Gasteiger partial charge < -0.3 is 10.1 Å². The zero-order valence-electron chi connectivity index (χ0n) is 15.4. The number of methoxy groups -OCH3 is 1. The van der Waals surface area contributed by atoms with Crippen LogP contribution in [0.1, 0.15) is 12.8 Å². The number of hydrogen-bond acceptors (Lipinski definition) is 4. The van der Waals surface area contributed by atoms with Crippen molar-refractivity contribution in [2.45, 2.75) is 19.4 Å². The summed E-state index contributed by atoms with van der Waals surface area (Å²) in [5.41, 5.74) is 2.13. The molecule has 3 rings (SSSR count). The van der Waals surface area contributed by atoms with Crippen LogP contribution in [0.15, 0.2) is 69.9 Å². The molecule has 1 N–H and O–H groups in total. The second-order valence-corrected chi connectivity index (χ2v) is 7.09. The molecule has 0 saturated carbocycles. The molecular formula is C21H20BrN3O3. The highest BCUT2D eigenvalue weighted by atomic mass is 79.9. The van der Waals surface area contributed by atoms with Crippen molar-refractivity contribution in [3.05, 3.63) is 75.5 Å². The number of nitrogens with one attached hydrogen (secondary N) is 1. The van der Waals surface area contributed by atoms with Gasteiger partial charge in [0, 0.05) is 40.8 Å². The lowest BCUT2D eigenvalue weighted by Gasteiger charge is -2.09. The van der Waals surface area contributed by atoms with Gasteiger partial charge in [-0.1, -0.05) is 34.1 Å². The summed E-state index contributed by atoms with van der Waals surface area (Å²) in [6.45, 7) is 0.370. The number of nitrogens with zero attached hydrogens (tertiary/aromatic N) is 2. The van der Waals surface area contributed by atoms with Crippen LogP contribution in [0.4, 0.5) is 5.69 Å². The molecule has 7 heteroatoms. The Morgan fingerprint density at radius 2 is 1.93 bits per heavy atom. The first-order valence-electron chi connectivity index (χ1n) is 8.83. The van der Waals surface area contributed by atoms with Crippen molar-refractivity contribution in [1.82, 2.24) is 9.78 Å².